The molecular weight excluding hydrogens is 1100 g/mol. The van der Waals surface area contributed by atoms with E-state index >= 15 is 0 Å². The van der Waals surface area contributed by atoms with E-state index in [-0.39, 0.29) is 25.7 Å². The van der Waals surface area contributed by atoms with Gasteiger partial charge in [-0.05, 0) is 31.6 Å². The molecule has 83 heavy (non-hydrogen) atoms. The molecule has 3 N–H and O–H groups in total. The number of carbonyl (C=O) groups is 4. The molecule has 0 aromatic rings. The number of hydrogen-bond acceptors (Lipinski definition) is 15. The fourth-order valence-electron chi connectivity index (χ4n) is 9.55. The van der Waals surface area contributed by atoms with E-state index < -0.39 is 97.5 Å². The van der Waals surface area contributed by atoms with Crippen molar-refractivity contribution >= 4 is 39.5 Å². The van der Waals surface area contributed by atoms with Crippen LogP contribution < -0.4 is 0 Å². The van der Waals surface area contributed by atoms with Crippen molar-refractivity contribution in [2.45, 2.75) is 342 Å². The fourth-order valence-corrected chi connectivity index (χ4v) is 11.1. The lowest BCUT2D eigenvalue weighted by Gasteiger charge is -2.21. The lowest BCUT2D eigenvalue weighted by Crippen LogP contribution is -2.30. The highest BCUT2D eigenvalue weighted by molar-refractivity contribution is 7.47. The van der Waals surface area contributed by atoms with Gasteiger partial charge >= 0.3 is 39.5 Å². The van der Waals surface area contributed by atoms with Crippen molar-refractivity contribution in [3.8, 4) is 0 Å². The van der Waals surface area contributed by atoms with Gasteiger partial charge in [0.1, 0.15) is 19.3 Å². The smallest absolute Gasteiger partial charge is 0.462 e. The molecule has 0 rings (SSSR count). The molecule has 0 amide bonds. The number of esters is 4. The number of carbonyl (C=O) groups excluding carboxylic acids is 4. The summed E-state index contributed by atoms with van der Waals surface area (Å²) in [4.78, 5) is 72.0. The minimum Gasteiger partial charge on any atom is -0.462 e. The van der Waals surface area contributed by atoms with Crippen molar-refractivity contribution in [2.24, 2.45) is 5.92 Å². The van der Waals surface area contributed by atoms with Crippen LogP contribution in [0.1, 0.15) is 324 Å². The van der Waals surface area contributed by atoms with E-state index in [0.717, 1.165) is 109 Å². The summed E-state index contributed by atoms with van der Waals surface area (Å²) in [5.41, 5.74) is 0. The summed E-state index contributed by atoms with van der Waals surface area (Å²) in [6, 6.07) is 0. The van der Waals surface area contributed by atoms with Crippen LogP contribution in [0.4, 0.5) is 0 Å². The fraction of sp³-hybridized carbons (Fsp3) is 0.938. The third-order valence-electron chi connectivity index (χ3n) is 15.1. The van der Waals surface area contributed by atoms with Gasteiger partial charge in [0.2, 0.25) is 0 Å². The first-order valence-electron chi connectivity index (χ1n) is 33.7. The first kappa shape index (κ1) is 81.1. The lowest BCUT2D eigenvalue weighted by molar-refractivity contribution is -0.161. The third-order valence-corrected chi connectivity index (χ3v) is 17.0. The molecular formula is C64H124O17P2. The Morgan fingerprint density at radius 1 is 0.337 bits per heavy atom. The normalized spacial score (nSPS) is 14.6. The molecule has 0 saturated carbocycles. The average molecular weight is 1230 g/mol. The molecule has 0 fully saturated rings. The summed E-state index contributed by atoms with van der Waals surface area (Å²) in [6.07, 6.45) is 41.8. The van der Waals surface area contributed by atoms with Gasteiger partial charge in [0.25, 0.3) is 0 Å². The summed E-state index contributed by atoms with van der Waals surface area (Å²) in [7, 11) is -9.88. The Morgan fingerprint density at radius 2 is 0.578 bits per heavy atom. The molecule has 0 heterocycles. The molecule has 0 aliphatic rings. The first-order valence-corrected chi connectivity index (χ1v) is 36.7. The first-order chi connectivity index (χ1) is 40.1. The van der Waals surface area contributed by atoms with Gasteiger partial charge in [0, 0.05) is 25.7 Å². The molecule has 19 heteroatoms. The van der Waals surface area contributed by atoms with Gasteiger partial charge in [-0.3, -0.25) is 37.3 Å². The van der Waals surface area contributed by atoms with E-state index in [1.807, 2.05) is 0 Å². The van der Waals surface area contributed by atoms with Crippen molar-refractivity contribution in [1.29, 1.82) is 0 Å². The second-order valence-electron chi connectivity index (χ2n) is 23.4. The van der Waals surface area contributed by atoms with E-state index in [4.69, 9.17) is 37.0 Å². The van der Waals surface area contributed by atoms with Gasteiger partial charge in [-0.15, -0.1) is 0 Å². The molecule has 0 aromatic heterocycles. The molecule has 0 radical (unpaired) electrons. The van der Waals surface area contributed by atoms with Gasteiger partial charge in [-0.1, -0.05) is 272 Å². The average Bonchev–Trinajstić information content (AvgIpc) is 3.47. The highest BCUT2D eigenvalue weighted by Gasteiger charge is 2.30. The van der Waals surface area contributed by atoms with Gasteiger partial charge in [0.15, 0.2) is 12.2 Å². The van der Waals surface area contributed by atoms with Gasteiger partial charge in [-0.2, -0.15) is 0 Å². The van der Waals surface area contributed by atoms with E-state index in [1.54, 1.807) is 0 Å². The predicted molar refractivity (Wildman–Crippen MR) is 331 cm³/mol. The number of hydrogen-bond donors (Lipinski definition) is 3. The van der Waals surface area contributed by atoms with Gasteiger partial charge < -0.3 is 33.8 Å². The highest BCUT2D eigenvalue weighted by Crippen LogP contribution is 2.45. The van der Waals surface area contributed by atoms with Gasteiger partial charge in [-0.25, -0.2) is 9.13 Å². The Balaban J connectivity index is 5.14. The third kappa shape index (κ3) is 57.6. The van der Waals surface area contributed by atoms with Crippen molar-refractivity contribution < 1.29 is 80.2 Å². The van der Waals surface area contributed by atoms with E-state index in [2.05, 4.69) is 34.6 Å². The standard InChI is InChI=1S/C64H124O17P2/c1-6-10-13-16-19-28-34-38-43-48-62(67)75-54-60(81-64(69)50-45-40-35-30-27-25-23-22-24-26-29-31-36-41-46-57(5)9-4)56-79-83(72,73)77-52-58(65)51-76-82(70,71)78-55-59(80-63(68)49-44-39-33-21-18-15-12-8-3)53-74-61(66)47-42-37-32-20-17-14-11-7-2/h57-60,65H,6-56H2,1-5H3,(H,70,71)(H,72,73)/t57?,58-,59+,60+/m0/s1. The molecule has 0 aromatic carbocycles. The van der Waals surface area contributed by atoms with Crippen LogP contribution in [0.15, 0.2) is 0 Å². The van der Waals surface area contributed by atoms with E-state index in [0.29, 0.717) is 25.7 Å². The summed E-state index contributed by atoms with van der Waals surface area (Å²) in [5.74, 6) is -1.29. The molecule has 0 aliphatic carbocycles. The van der Waals surface area contributed by atoms with Crippen molar-refractivity contribution in [3.63, 3.8) is 0 Å². The number of phosphoric ester groups is 2. The quantitative estimate of drug-likeness (QED) is 0.0222. The van der Waals surface area contributed by atoms with E-state index in [9.17, 15) is 43.2 Å². The van der Waals surface area contributed by atoms with Crippen LogP contribution in [0.2, 0.25) is 0 Å². The molecule has 0 bridgehead atoms. The number of rotatable bonds is 64. The predicted octanol–water partition coefficient (Wildman–Crippen LogP) is 17.8. The zero-order valence-electron chi connectivity index (χ0n) is 53.3. The Kier molecular flexibility index (Phi) is 56.4. The van der Waals surface area contributed by atoms with Crippen LogP contribution in [-0.2, 0) is 65.4 Å². The van der Waals surface area contributed by atoms with Crippen LogP contribution >= 0.6 is 15.6 Å². The SMILES string of the molecule is CCCCCCCCCCCC(=O)OC[C@H](COP(=O)(O)OC[C@@H](O)COP(=O)(O)OC[C@@H](COC(=O)CCCCCCCCCC)OC(=O)CCCCCCCCCC)OC(=O)CCCCCCCCCCCCCCCCC(C)CC. The second-order valence-corrected chi connectivity index (χ2v) is 26.3. The summed E-state index contributed by atoms with van der Waals surface area (Å²) in [5, 5.41) is 10.5. The van der Waals surface area contributed by atoms with Crippen LogP contribution in [0, 0.1) is 5.92 Å². The maximum Gasteiger partial charge on any atom is 0.472 e. The molecule has 492 valence electrons. The number of phosphoric acid groups is 2. The monoisotopic (exact) mass is 1230 g/mol. The van der Waals surface area contributed by atoms with E-state index in [1.165, 1.54) is 135 Å². The maximum atomic E-state index is 13.0. The summed E-state index contributed by atoms with van der Waals surface area (Å²) in [6.45, 7) is 7.18. The molecule has 6 atom stereocenters. The zero-order valence-corrected chi connectivity index (χ0v) is 55.1. The highest BCUT2D eigenvalue weighted by atomic mass is 31.2. The summed E-state index contributed by atoms with van der Waals surface area (Å²) < 4.78 is 67.8. The van der Waals surface area contributed by atoms with Crippen molar-refractivity contribution in [1.82, 2.24) is 0 Å². The van der Waals surface area contributed by atoms with Crippen LogP contribution in [0.3, 0.4) is 0 Å². The molecule has 0 spiro atoms. The van der Waals surface area contributed by atoms with Crippen LogP contribution in [-0.4, -0.2) is 96.7 Å². The van der Waals surface area contributed by atoms with Gasteiger partial charge in [0.05, 0.1) is 26.4 Å². The summed E-state index contributed by atoms with van der Waals surface area (Å²) >= 11 is 0. The van der Waals surface area contributed by atoms with Crippen LogP contribution in [0.5, 0.6) is 0 Å². The largest absolute Gasteiger partial charge is 0.472 e. The second kappa shape index (κ2) is 57.8. The molecule has 3 unspecified atom stereocenters. The Bertz CT molecular complexity index is 1620. The minimum atomic E-state index is -4.94. The van der Waals surface area contributed by atoms with Crippen molar-refractivity contribution in [3.05, 3.63) is 0 Å². The number of unbranched alkanes of at least 4 members (excludes halogenated alkanes) is 35. The Labute approximate surface area is 505 Å². The molecule has 0 saturated heterocycles. The number of ether oxygens (including phenoxy) is 4. The zero-order chi connectivity index (χ0) is 61.3. The topological polar surface area (TPSA) is 237 Å². The maximum absolute atomic E-state index is 13.0. The van der Waals surface area contributed by atoms with Crippen LogP contribution in [0.25, 0.3) is 0 Å². The van der Waals surface area contributed by atoms with Crippen molar-refractivity contribution in [2.75, 3.05) is 39.6 Å². The number of aliphatic hydroxyl groups excluding tert-OH is 1. The Hall–Kier alpha value is -1.94. The lowest BCUT2D eigenvalue weighted by atomic mass is 9.99. The molecule has 0 aliphatic heterocycles. The minimum absolute atomic E-state index is 0.105. The molecule has 17 nitrogen and oxygen atoms in total. The Morgan fingerprint density at radius 3 is 0.855 bits per heavy atom. The number of aliphatic hydroxyl groups is 1.